The van der Waals surface area contributed by atoms with Crippen molar-refractivity contribution in [3.8, 4) is 5.75 Å². The van der Waals surface area contributed by atoms with Gasteiger partial charge in [-0.25, -0.2) is 9.59 Å². The minimum Gasteiger partial charge on any atom is -0.477 e. The minimum atomic E-state index is -0.911. The Morgan fingerprint density at radius 1 is 1.06 bits per heavy atom. The molecule has 2 aromatic rings. The molecule has 0 saturated heterocycles. The smallest absolute Gasteiger partial charge is 0.348 e. The van der Waals surface area contributed by atoms with E-state index >= 15 is 0 Å². The summed E-state index contributed by atoms with van der Waals surface area (Å²) in [6.45, 7) is 1.03. The third kappa shape index (κ3) is 6.04. The fraction of sp³-hybridized carbons (Fsp3) is 0.300. The van der Waals surface area contributed by atoms with Gasteiger partial charge in [-0.05, 0) is 18.6 Å². The van der Waals surface area contributed by atoms with Crippen molar-refractivity contribution in [3.63, 3.8) is 0 Å². The van der Waals surface area contributed by atoms with Gasteiger partial charge >= 0.3 is 23.6 Å². The molecule has 1 amide bonds. The van der Waals surface area contributed by atoms with E-state index in [0.29, 0.717) is 16.9 Å². The maximum atomic E-state index is 12.5. The first-order chi connectivity index (χ1) is 15.6. The number of ether oxygens (including phenoxy) is 4. The number of hydrogen-bond donors (Lipinski definition) is 1. The Morgan fingerprint density at radius 3 is 2.30 bits per heavy atom. The second-order valence-electron chi connectivity index (χ2n) is 6.42. The molecule has 0 radical (unpaired) electrons. The Hall–Kier alpha value is -4.00. The van der Waals surface area contributed by atoms with Gasteiger partial charge in [0.2, 0.25) is 0 Å². The van der Waals surface area contributed by atoms with E-state index in [9.17, 15) is 29.3 Å². The first-order valence-corrected chi connectivity index (χ1v) is 10.0. The number of carbonyl (C=O) groups is 4. The summed E-state index contributed by atoms with van der Waals surface area (Å²) in [5.41, 5.74) is 0.0645. The number of methoxy groups -OCH3 is 3. The normalized spacial score (nSPS) is 10.2. The molecule has 1 heterocycles. The number of nitro groups is 1. The Balaban J connectivity index is 2.35. The molecule has 2 rings (SSSR count). The first-order valence-electron chi connectivity index (χ1n) is 9.19. The largest absolute Gasteiger partial charge is 0.477 e. The average molecular weight is 480 g/mol. The van der Waals surface area contributed by atoms with Crippen LogP contribution in [0.2, 0.25) is 0 Å². The lowest BCUT2D eigenvalue weighted by molar-refractivity contribution is -0.385. The lowest BCUT2D eigenvalue weighted by Crippen LogP contribution is -2.21. The third-order valence-corrected chi connectivity index (χ3v) is 5.37. The van der Waals surface area contributed by atoms with Gasteiger partial charge in [0.05, 0.1) is 38.2 Å². The highest BCUT2D eigenvalue weighted by Crippen LogP contribution is 2.35. The number of benzene rings is 1. The van der Waals surface area contributed by atoms with Crippen molar-refractivity contribution in [2.75, 3.05) is 33.3 Å². The highest BCUT2D eigenvalue weighted by molar-refractivity contribution is 7.18. The fourth-order valence-corrected chi connectivity index (χ4v) is 3.85. The lowest BCUT2D eigenvalue weighted by Gasteiger charge is -2.09. The molecule has 33 heavy (non-hydrogen) atoms. The van der Waals surface area contributed by atoms with E-state index in [1.165, 1.54) is 12.1 Å². The number of amides is 1. The number of anilines is 1. The van der Waals surface area contributed by atoms with Gasteiger partial charge in [-0.2, -0.15) is 0 Å². The van der Waals surface area contributed by atoms with Crippen LogP contribution in [0.25, 0.3) is 0 Å². The lowest BCUT2D eigenvalue weighted by atomic mass is 10.1. The second-order valence-corrected chi connectivity index (χ2v) is 7.44. The molecule has 0 spiro atoms. The molecule has 0 unspecified atom stereocenters. The summed E-state index contributed by atoms with van der Waals surface area (Å²) in [7, 11) is 3.34. The van der Waals surface area contributed by atoms with E-state index in [4.69, 9.17) is 14.2 Å². The van der Waals surface area contributed by atoms with E-state index in [-0.39, 0.29) is 32.4 Å². The number of carbonyl (C=O) groups excluding carboxylic acids is 4. The summed E-state index contributed by atoms with van der Waals surface area (Å²) in [6, 6.07) is 4.23. The number of aryl methyl sites for hydroxylation is 1. The van der Waals surface area contributed by atoms with Gasteiger partial charge in [-0.1, -0.05) is 6.07 Å². The van der Waals surface area contributed by atoms with Crippen molar-refractivity contribution < 1.29 is 43.0 Å². The van der Waals surface area contributed by atoms with Crippen molar-refractivity contribution in [1.29, 1.82) is 0 Å². The van der Waals surface area contributed by atoms with Crippen LogP contribution in [0.15, 0.2) is 18.2 Å². The van der Waals surface area contributed by atoms with E-state index < -0.39 is 41.8 Å². The highest BCUT2D eigenvalue weighted by Gasteiger charge is 2.30. The number of esters is 3. The second kappa shape index (κ2) is 11.0. The molecule has 0 aliphatic rings. The van der Waals surface area contributed by atoms with E-state index in [1.54, 1.807) is 13.0 Å². The molecule has 0 aliphatic carbocycles. The Morgan fingerprint density at radius 2 is 1.73 bits per heavy atom. The molecule has 1 aromatic carbocycles. The fourth-order valence-electron chi connectivity index (χ4n) is 2.71. The van der Waals surface area contributed by atoms with E-state index in [2.05, 4.69) is 10.1 Å². The monoisotopic (exact) mass is 480 g/mol. The van der Waals surface area contributed by atoms with Gasteiger partial charge in [0, 0.05) is 11.6 Å². The van der Waals surface area contributed by atoms with Gasteiger partial charge in [0.25, 0.3) is 5.91 Å². The molecular weight excluding hydrogens is 460 g/mol. The minimum absolute atomic E-state index is 0.0315. The standard InChI is InChI=1S/C20H20N2O10S/c1-10-5-6-13(12(7-10)22(27)28)32-9-14(23)21-18-16(19(25)30-3)11(8-15(24)29-2)17(33-18)20(26)31-4/h5-7H,8-9H2,1-4H3,(H,21,23). The first kappa shape index (κ1) is 25.3. The molecule has 13 heteroatoms. The highest BCUT2D eigenvalue weighted by atomic mass is 32.1. The van der Waals surface area contributed by atoms with Crippen LogP contribution in [0, 0.1) is 17.0 Å². The van der Waals surface area contributed by atoms with Crippen molar-refractivity contribution in [3.05, 3.63) is 49.9 Å². The molecule has 0 saturated carbocycles. The summed E-state index contributed by atoms with van der Waals surface area (Å²) >= 11 is 0.696. The van der Waals surface area contributed by atoms with Gasteiger partial charge < -0.3 is 24.3 Å². The van der Waals surface area contributed by atoms with Crippen molar-refractivity contribution in [1.82, 2.24) is 0 Å². The predicted octanol–water partition coefficient (Wildman–Crippen LogP) is 2.27. The number of nitro benzene ring substituents is 1. The number of rotatable bonds is 9. The van der Waals surface area contributed by atoms with Crippen LogP contribution in [0.3, 0.4) is 0 Å². The summed E-state index contributed by atoms with van der Waals surface area (Å²) in [4.78, 5) is 59.3. The summed E-state index contributed by atoms with van der Waals surface area (Å²) in [5, 5.41) is 13.5. The van der Waals surface area contributed by atoms with Crippen molar-refractivity contribution >= 4 is 45.8 Å². The Labute approximate surface area is 191 Å². The summed E-state index contributed by atoms with van der Waals surface area (Å²) < 4.78 is 19.3. The Bertz CT molecular complexity index is 1110. The van der Waals surface area contributed by atoms with E-state index in [0.717, 1.165) is 21.3 Å². The van der Waals surface area contributed by atoms with Crippen molar-refractivity contribution in [2.45, 2.75) is 13.3 Å². The van der Waals surface area contributed by atoms with Gasteiger partial charge in [-0.3, -0.25) is 19.7 Å². The molecular formula is C20H20N2O10S. The summed E-state index contributed by atoms with van der Waals surface area (Å²) in [5.74, 6) is -3.39. The maximum Gasteiger partial charge on any atom is 0.348 e. The molecule has 0 atom stereocenters. The molecule has 12 nitrogen and oxygen atoms in total. The van der Waals surface area contributed by atoms with Crippen LogP contribution in [0.5, 0.6) is 5.75 Å². The number of nitrogens with zero attached hydrogens (tertiary/aromatic N) is 1. The molecule has 0 aliphatic heterocycles. The number of hydrogen-bond acceptors (Lipinski definition) is 11. The Kier molecular flexibility index (Phi) is 8.45. The molecule has 176 valence electrons. The van der Waals surface area contributed by atoms with Crippen LogP contribution in [0.4, 0.5) is 10.7 Å². The van der Waals surface area contributed by atoms with Crippen molar-refractivity contribution in [2.24, 2.45) is 0 Å². The molecule has 1 N–H and O–H groups in total. The van der Waals surface area contributed by atoms with Crippen LogP contribution < -0.4 is 10.1 Å². The van der Waals surface area contributed by atoms with Crippen LogP contribution in [0.1, 0.15) is 31.2 Å². The van der Waals surface area contributed by atoms with Crippen LogP contribution in [-0.2, 0) is 30.2 Å². The van der Waals surface area contributed by atoms with Crippen LogP contribution >= 0.6 is 11.3 Å². The molecule has 0 bridgehead atoms. The quantitative estimate of drug-likeness (QED) is 0.244. The van der Waals surface area contributed by atoms with Gasteiger partial charge in [0.1, 0.15) is 9.88 Å². The van der Waals surface area contributed by atoms with Gasteiger partial charge in [0.15, 0.2) is 12.4 Å². The predicted molar refractivity (Wildman–Crippen MR) is 115 cm³/mol. The average Bonchev–Trinajstić information content (AvgIpc) is 3.14. The zero-order valence-electron chi connectivity index (χ0n) is 18.1. The molecule has 0 fully saturated rings. The van der Waals surface area contributed by atoms with Crippen LogP contribution in [-0.4, -0.2) is 56.7 Å². The summed E-state index contributed by atoms with van der Waals surface area (Å²) in [6.07, 6.45) is -0.455. The van der Waals surface area contributed by atoms with Gasteiger partial charge in [-0.15, -0.1) is 11.3 Å². The topological polar surface area (TPSA) is 160 Å². The van der Waals surface area contributed by atoms with E-state index in [1.807, 2.05) is 0 Å². The number of nitrogens with one attached hydrogen (secondary N) is 1. The zero-order chi connectivity index (χ0) is 24.7. The maximum absolute atomic E-state index is 12.5. The zero-order valence-corrected chi connectivity index (χ0v) is 18.9. The SMILES string of the molecule is COC(=O)Cc1c(C(=O)OC)sc(NC(=O)COc2ccc(C)cc2[N+](=O)[O-])c1C(=O)OC. The number of thiophene rings is 1. The third-order valence-electron chi connectivity index (χ3n) is 4.24. The molecule has 1 aromatic heterocycles.